The Morgan fingerprint density at radius 3 is 2.50 bits per heavy atom. The van der Waals surface area contributed by atoms with Gasteiger partial charge in [0, 0.05) is 11.8 Å². The molecule has 0 aliphatic heterocycles. The Balaban J connectivity index is 3.60. The van der Waals surface area contributed by atoms with Gasteiger partial charge in [0.05, 0.1) is 0 Å². The monoisotopic (exact) mass is 83.0 g/mol. The van der Waals surface area contributed by atoms with Gasteiger partial charge in [-0.25, -0.2) is 4.79 Å². The van der Waals surface area contributed by atoms with Crippen molar-refractivity contribution in [2.75, 3.05) is 0 Å². The lowest BCUT2D eigenvalue weighted by molar-refractivity contribution is 0.569. The van der Waals surface area contributed by atoms with E-state index in [2.05, 4.69) is 0 Å². The molecule has 32 valence electrons. The van der Waals surface area contributed by atoms with Crippen molar-refractivity contribution < 1.29 is 4.79 Å². The molecule has 0 aromatic rings. The third-order valence-corrected chi connectivity index (χ3v) is 0.275. The van der Waals surface area contributed by atoms with Gasteiger partial charge in [0.1, 0.15) is 5.94 Å². The Morgan fingerprint density at radius 2 is 2.50 bits per heavy atom. The van der Waals surface area contributed by atoms with E-state index in [1.807, 2.05) is 0 Å². The van der Waals surface area contributed by atoms with Gasteiger partial charge in [0.25, 0.3) is 0 Å². The highest BCUT2D eigenvalue weighted by molar-refractivity contribution is 5.96. The fraction of sp³-hybridized carbons (Fsp3) is 0.250. The lowest BCUT2D eigenvalue weighted by Crippen LogP contribution is -1.75. The maximum Gasteiger partial charge on any atom is 0.126 e. The lowest BCUT2D eigenvalue weighted by Gasteiger charge is -1.67. The normalized spacial score (nSPS) is 6.17. The predicted molar refractivity (Wildman–Crippen MR) is 23.7 cm³/mol. The molecule has 0 saturated carbocycles. The highest BCUT2D eigenvalue weighted by Gasteiger charge is 1.68. The summed E-state index contributed by atoms with van der Waals surface area (Å²) in [5, 5.41) is 6.58. The molecule has 0 aliphatic rings. The van der Waals surface area contributed by atoms with Crippen molar-refractivity contribution in [2.45, 2.75) is 6.92 Å². The first-order valence-electron chi connectivity index (χ1n) is 1.53. The summed E-state index contributed by atoms with van der Waals surface area (Å²) in [6.45, 7) is 1.52. The Bertz CT molecular complexity index is 100. The van der Waals surface area contributed by atoms with Crippen LogP contribution in [-0.4, -0.2) is 11.7 Å². The summed E-state index contributed by atoms with van der Waals surface area (Å²) in [6.07, 6.45) is 1.07. The van der Waals surface area contributed by atoms with Gasteiger partial charge >= 0.3 is 0 Å². The third-order valence-electron chi connectivity index (χ3n) is 0.275. The minimum atomic E-state index is 0.241. The van der Waals surface area contributed by atoms with Gasteiger partial charge in [-0.1, -0.05) is 0 Å². The maximum absolute atomic E-state index is 9.29. The summed E-state index contributed by atoms with van der Waals surface area (Å²) in [5.41, 5.74) is 0.241. The first kappa shape index (κ1) is 5.12. The topological polar surface area (TPSA) is 40.9 Å². The van der Waals surface area contributed by atoms with Gasteiger partial charge in [-0.2, -0.15) is 0 Å². The summed E-state index contributed by atoms with van der Waals surface area (Å²) in [4.78, 5) is 9.29. The zero-order valence-corrected chi connectivity index (χ0v) is 3.49. The first-order chi connectivity index (χ1) is 2.77. The number of allylic oxidation sites excluding steroid dienone is 1. The fourth-order valence-electron chi connectivity index (χ4n) is 0.0884. The molecule has 0 spiro atoms. The number of hydrogen-bond donors (Lipinski definition) is 1. The molecular weight excluding hydrogens is 78.0 g/mol. The van der Waals surface area contributed by atoms with E-state index >= 15 is 0 Å². The van der Waals surface area contributed by atoms with Crippen molar-refractivity contribution in [3.8, 4) is 0 Å². The van der Waals surface area contributed by atoms with Crippen molar-refractivity contribution in [1.29, 1.82) is 5.41 Å². The fourth-order valence-corrected chi connectivity index (χ4v) is 0.0884. The highest BCUT2D eigenvalue weighted by Crippen LogP contribution is 1.61. The van der Waals surface area contributed by atoms with Crippen LogP contribution in [0.2, 0.25) is 0 Å². The van der Waals surface area contributed by atoms with Crippen LogP contribution in [0.15, 0.2) is 6.08 Å². The molecule has 0 radical (unpaired) electrons. The smallest absolute Gasteiger partial charge is 0.126 e. The largest absolute Gasteiger partial charge is 0.305 e. The Hall–Kier alpha value is -0.880. The van der Waals surface area contributed by atoms with E-state index in [1.54, 1.807) is 0 Å². The Morgan fingerprint density at radius 1 is 2.00 bits per heavy atom. The molecule has 2 nitrogen and oxygen atoms in total. The summed E-state index contributed by atoms with van der Waals surface area (Å²) < 4.78 is 0. The van der Waals surface area contributed by atoms with Crippen LogP contribution in [0, 0.1) is 5.41 Å². The van der Waals surface area contributed by atoms with Crippen LogP contribution in [0.1, 0.15) is 6.92 Å². The van der Waals surface area contributed by atoms with Gasteiger partial charge in [0.2, 0.25) is 0 Å². The van der Waals surface area contributed by atoms with Crippen LogP contribution in [-0.2, 0) is 4.79 Å². The molecule has 0 fully saturated rings. The second-order valence-corrected chi connectivity index (χ2v) is 0.945. The van der Waals surface area contributed by atoms with E-state index in [4.69, 9.17) is 5.41 Å². The van der Waals surface area contributed by atoms with Crippen LogP contribution >= 0.6 is 0 Å². The number of carbonyl (C=O) groups excluding carboxylic acids is 1. The van der Waals surface area contributed by atoms with Gasteiger partial charge in [-0.15, -0.1) is 0 Å². The first-order valence-corrected chi connectivity index (χ1v) is 1.53. The number of hydrogen-bond acceptors (Lipinski definition) is 2. The van der Waals surface area contributed by atoms with Crippen molar-refractivity contribution in [1.82, 2.24) is 0 Å². The van der Waals surface area contributed by atoms with E-state index in [0.717, 1.165) is 6.08 Å². The quantitative estimate of drug-likeness (QED) is 0.362. The summed E-state index contributed by atoms with van der Waals surface area (Å²) in [6, 6.07) is 0. The molecule has 0 saturated heterocycles. The van der Waals surface area contributed by atoms with Gasteiger partial charge in [-0.05, 0) is 6.92 Å². The van der Waals surface area contributed by atoms with Crippen molar-refractivity contribution in [2.24, 2.45) is 0 Å². The molecule has 0 atom stereocenters. The number of nitrogens with one attached hydrogen (secondary N) is 1. The van der Waals surface area contributed by atoms with Crippen LogP contribution < -0.4 is 0 Å². The third kappa shape index (κ3) is 3.12. The van der Waals surface area contributed by atoms with Crippen molar-refractivity contribution in [3.05, 3.63) is 6.08 Å². The molecule has 0 aromatic heterocycles. The van der Waals surface area contributed by atoms with E-state index in [0.29, 0.717) is 0 Å². The average molecular weight is 83.1 g/mol. The molecule has 0 aliphatic carbocycles. The highest BCUT2D eigenvalue weighted by atomic mass is 16.1. The zero-order valence-electron chi connectivity index (χ0n) is 3.49. The van der Waals surface area contributed by atoms with E-state index in [-0.39, 0.29) is 5.71 Å². The van der Waals surface area contributed by atoms with Gasteiger partial charge in [-0.3, -0.25) is 0 Å². The van der Waals surface area contributed by atoms with E-state index in [1.165, 1.54) is 12.9 Å². The minimum absolute atomic E-state index is 0.241. The lowest BCUT2D eigenvalue weighted by atomic mass is 10.4. The van der Waals surface area contributed by atoms with Crippen LogP contribution in [0.5, 0.6) is 0 Å². The van der Waals surface area contributed by atoms with Crippen LogP contribution in [0.3, 0.4) is 0 Å². The van der Waals surface area contributed by atoms with Crippen molar-refractivity contribution >= 4 is 11.7 Å². The molecular formula is C4H5NO. The molecule has 0 heterocycles. The minimum Gasteiger partial charge on any atom is -0.305 e. The molecule has 2 heteroatoms. The molecule has 0 bridgehead atoms. The van der Waals surface area contributed by atoms with Gasteiger partial charge < -0.3 is 5.41 Å². The average Bonchev–Trinajstić information content (AvgIpc) is 1.35. The van der Waals surface area contributed by atoms with E-state index in [9.17, 15) is 4.79 Å². The summed E-state index contributed by atoms with van der Waals surface area (Å²) in [7, 11) is 0. The summed E-state index contributed by atoms with van der Waals surface area (Å²) in [5.74, 6) is 1.47. The molecule has 1 N–H and O–H groups in total. The van der Waals surface area contributed by atoms with Crippen molar-refractivity contribution in [3.63, 3.8) is 0 Å². The standard InChI is InChI=1S/C4H5NO/c1-4(5)2-3-6/h2,5H,1H3. The molecule has 0 aromatic carbocycles. The second kappa shape index (κ2) is 2.36. The molecule has 0 amide bonds. The second-order valence-electron chi connectivity index (χ2n) is 0.945. The predicted octanol–water partition coefficient (Wildman–Crippen LogP) is 0.414. The van der Waals surface area contributed by atoms with E-state index < -0.39 is 0 Å². The SMILES string of the molecule is CC(=N)C=C=O. The maximum atomic E-state index is 9.29. The van der Waals surface area contributed by atoms with Gasteiger partial charge in [0.15, 0.2) is 0 Å². The molecule has 6 heavy (non-hydrogen) atoms. The molecule has 0 rings (SSSR count). The summed E-state index contributed by atoms with van der Waals surface area (Å²) >= 11 is 0. The van der Waals surface area contributed by atoms with Crippen LogP contribution in [0.4, 0.5) is 0 Å². The Kier molecular flexibility index (Phi) is 2.02. The van der Waals surface area contributed by atoms with Crippen LogP contribution in [0.25, 0.3) is 0 Å². The Labute approximate surface area is 36.0 Å². The number of rotatable bonds is 1. The zero-order chi connectivity index (χ0) is 4.99. The molecule has 0 unspecified atom stereocenters.